The molecule has 2 nitrogen and oxygen atoms in total. The van der Waals surface area contributed by atoms with E-state index in [0.717, 1.165) is 25.7 Å². The minimum atomic E-state index is -0.110. The smallest absolute Gasteiger partial charge is 0.135 e. The lowest BCUT2D eigenvalue weighted by atomic mass is 9.99. The van der Waals surface area contributed by atoms with Crippen LogP contribution in [0, 0.1) is 5.92 Å². The normalized spacial score (nSPS) is 13.0. The van der Waals surface area contributed by atoms with Gasteiger partial charge in [-0.05, 0) is 13.3 Å². The largest absolute Gasteiger partial charge is 0.396 e. The van der Waals surface area contributed by atoms with E-state index in [4.69, 9.17) is 5.11 Å². The highest BCUT2D eigenvalue weighted by Crippen LogP contribution is 2.09. The van der Waals surface area contributed by atoms with Crippen molar-refractivity contribution in [3.63, 3.8) is 0 Å². The second-order valence-electron chi connectivity index (χ2n) is 2.99. The highest BCUT2D eigenvalue weighted by atomic mass is 16.3. The minimum Gasteiger partial charge on any atom is -0.396 e. The summed E-state index contributed by atoms with van der Waals surface area (Å²) in [5, 5.41) is 8.77. The van der Waals surface area contributed by atoms with Crippen LogP contribution in [0.2, 0.25) is 0 Å². The molecule has 0 amide bonds. The van der Waals surface area contributed by atoms with Gasteiger partial charge in [-0.1, -0.05) is 26.2 Å². The first-order valence-corrected chi connectivity index (χ1v) is 4.33. The van der Waals surface area contributed by atoms with Gasteiger partial charge in [0.25, 0.3) is 0 Å². The molecule has 1 atom stereocenters. The highest BCUT2D eigenvalue weighted by Gasteiger charge is 2.11. The van der Waals surface area contributed by atoms with Crippen molar-refractivity contribution >= 4 is 5.78 Å². The molecule has 1 N–H and O–H groups in total. The van der Waals surface area contributed by atoms with E-state index in [9.17, 15) is 4.79 Å². The summed E-state index contributed by atoms with van der Waals surface area (Å²) in [6.07, 6.45) is 4.22. The molecule has 66 valence electrons. The lowest BCUT2D eigenvalue weighted by molar-refractivity contribution is -0.122. The summed E-state index contributed by atoms with van der Waals surface area (Å²) in [6.45, 7) is 3.69. The number of hydrogen-bond acceptors (Lipinski definition) is 2. The van der Waals surface area contributed by atoms with Crippen molar-refractivity contribution in [3.8, 4) is 0 Å². The fourth-order valence-corrected chi connectivity index (χ4v) is 1.06. The summed E-state index contributed by atoms with van der Waals surface area (Å²) in [5.74, 6) is 0.00477. The summed E-state index contributed by atoms with van der Waals surface area (Å²) >= 11 is 0. The monoisotopic (exact) mass is 158 g/mol. The number of carbonyl (C=O) groups excluding carboxylic acids is 1. The predicted octanol–water partition coefficient (Wildman–Crippen LogP) is 1.76. The van der Waals surface area contributed by atoms with Crippen LogP contribution in [-0.4, -0.2) is 17.5 Å². The van der Waals surface area contributed by atoms with Crippen molar-refractivity contribution in [1.29, 1.82) is 0 Å². The molecule has 0 aromatic carbocycles. The Kier molecular flexibility index (Phi) is 6.13. The second kappa shape index (κ2) is 6.35. The molecule has 0 rings (SSSR count). The van der Waals surface area contributed by atoms with Gasteiger partial charge in [0.15, 0.2) is 0 Å². The van der Waals surface area contributed by atoms with E-state index in [1.807, 2.05) is 0 Å². The molecule has 0 aliphatic rings. The van der Waals surface area contributed by atoms with E-state index in [0.29, 0.717) is 0 Å². The Morgan fingerprint density at radius 2 is 2.09 bits per heavy atom. The SMILES string of the molecule is CCCCC[C@@H](CO)C(C)=O. The van der Waals surface area contributed by atoms with Crippen LogP contribution in [0.4, 0.5) is 0 Å². The third kappa shape index (κ3) is 4.96. The zero-order chi connectivity index (χ0) is 8.69. The Balaban J connectivity index is 3.44. The molecule has 0 aromatic heterocycles. The molecule has 2 heteroatoms. The van der Waals surface area contributed by atoms with Crippen LogP contribution >= 0.6 is 0 Å². The first-order valence-electron chi connectivity index (χ1n) is 4.33. The summed E-state index contributed by atoms with van der Waals surface area (Å²) in [4.78, 5) is 10.8. The Morgan fingerprint density at radius 1 is 1.45 bits per heavy atom. The number of aliphatic hydroxyl groups is 1. The fraction of sp³-hybridized carbons (Fsp3) is 0.889. The Bertz CT molecular complexity index is 110. The van der Waals surface area contributed by atoms with Crippen molar-refractivity contribution in [2.75, 3.05) is 6.61 Å². The number of ketones is 1. The van der Waals surface area contributed by atoms with E-state index >= 15 is 0 Å². The average molecular weight is 158 g/mol. The molecule has 0 saturated carbocycles. The summed E-state index contributed by atoms with van der Waals surface area (Å²) in [7, 11) is 0. The van der Waals surface area contributed by atoms with Crippen LogP contribution in [0.1, 0.15) is 39.5 Å². The van der Waals surface area contributed by atoms with Crippen molar-refractivity contribution in [3.05, 3.63) is 0 Å². The topological polar surface area (TPSA) is 37.3 Å². The lowest BCUT2D eigenvalue weighted by Gasteiger charge is -2.08. The molecule has 0 heterocycles. The van der Waals surface area contributed by atoms with Gasteiger partial charge < -0.3 is 5.11 Å². The molecule has 0 fully saturated rings. The minimum absolute atomic E-state index is 0.0129. The summed E-state index contributed by atoms with van der Waals surface area (Å²) in [5.41, 5.74) is 0. The van der Waals surface area contributed by atoms with Crippen LogP contribution < -0.4 is 0 Å². The maximum Gasteiger partial charge on any atom is 0.135 e. The van der Waals surface area contributed by atoms with E-state index in [2.05, 4.69) is 6.92 Å². The summed E-state index contributed by atoms with van der Waals surface area (Å²) in [6, 6.07) is 0. The maximum atomic E-state index is 10.8. The molecule has 0 spiro atoms. The number of carbonyl (C=O) groups is 1. The average Bonchev–Trinajstić information content (AvgIpc) is 1.97. The van der Waals surface area contributed by atoms with E-state index in [1.165, 1.54) is 0 Å². The van der Waals surface area contributed by atoms with Gasteiger partial charge in [-0.2, -0.15) is 0 Å². The molecule has 0 aliphatic carbocycles. The zero-order valence-corrected chi connectivity index (χ0v) is 7.47. The molecule has 0 bridgehead atoms. The Labute approximate surface area is 68.6 Å². The number of Topliss-reactive ketones (excluding diaryl/α,β-unsaturated/α-hetero) is 1. The van der Waals surface area contributed by atoms with Crippen LogP contribution in [0.5, 0.6) is 0 Å². The molecule has 0 aromatic rings. The van der Waals surface area contributed by atoms with Crippen LogP contribution in [0.25, 0.3) is 0 Å². The summed E-state index contributed by atoms with van der Waals surface area (Å²) < 4.78 is 0. The van der Waals surface area contributed by atoms with Crippen LogP contribution in [-0.2, 0) is 4.79 Å². The van der Waals surface area contributed by atoms with Gasteiger partial charge in [0.2, 0.25) is 0 Å². The van der Waals surface area contributed by atoms with Gasteiger partial charge in [0.1, 0.15) is 5.78 Å². The molecule has 0 unspecified atom stereocenters. The van der Waals surface area contributed by atoms with Gasteiger partial charge >= 0.3 is 0 Å². The predicted molar refractivity (Wildman–Crippen MR) is 45.4 cm³/mol. The quantitative estimate of drug-likeness (QED) is 0.598. The Hall–Kier alpha value is -0.370. The van der Waals surface area contributed by atoms with Gasteiger partial charge in [-0.3, -0.25) is 4.79 Å². The zero-order valence-electron chi connectivity index (χ0n) is 7.47. The van der Waals surface area contributed by atoms with Gasteiger partial charge in [0.05, 0.1) is 6.61 Å². The number of unbranched alkanes of at least 4 members (excludes halogenated alkanes) is 2. The van der Waals surface area contributed by atoms with E-state index in [-0.39, 0.29) is 18.3 Å². The second-order valence-corrected chi connectivity index (χ2v) is 2.99. The molecule has 11 heavy (non-hydrogen) atoms. The maximum absolute atomic E-state index is 10.8. The molecular formula is C9H18O2. The lowest BCUT2D eigenvalue weighted by Crippen LogP contribution is -2.14. The van der Waals surface area contributed by atoms with Gasteiger partial charge in [-0.25, -0.2) is 0 Å². The molecule has 0 saturated heterocycles. The third-order valence-corrected chi connectivity index (χ3v) is 1.95. The Morgan fingerprint density at radius 3 is 2.45 bits per heavy atom. The number of aliphatic hydroxyl groups excluding tert-OH is 1. The van der Waals surface area contributed by atoms with Gasteiger partial charge in [-0.15, -0.1) is 0 Å². The molecular weight excluding hydrogens is 140 g/mol. The fourth-order valence-electron chi connectivity index (χ4n) is 1.06. The third-order valence-electron chi connectivity index (χ3n) is 1.95. The van der Waals surface area contributed by atoms with Gasteiger partial charge in [0, 0.05) is 5.92 Å². The van der Waals surface area contributed by atoms with E-state index in [1.54, 1.807) is 6.92 Å². The number of hydrogen-bond donors (Lipinski definition) is 1. The van der Waals surface area contributed by atoms with Crippen LogP contribution in [0.3, 0.4) is 0 Å². The number of rotatable bonds is 6. The van der Waals surface area contributed by atoms with Crippen molar-refractivity contribution < 1.29 is 9.90 Å². The standard InChI is InChI=1S/C9H18O2/c1-3-4-5-6-9(7-10)8(2)11/h9-10H,3-7H2,1-2H3/t9-/m0/s1. The molecule has 0 radical (unpaired) electrons. The van der Waals surface area contributed by atoms with Crippen molar-refractivity contribution in [2.45, 2.75) is 39.5 Å². The van der Waals surface area contributed by atoms with Crippen molar-refractivity contribution in [2.24, 2.45) is 5.92 Å². The molecule has 0 aliphatic heterocycles. The highest BCUT2D eigenvalue weighted by molar-refractivity contribution is 5.78. The van der Waals surface area contributed by atoms with Crippen LogP contribution in [0.15, 0.2) is 0 Å². The van der Waals surface area contributed by atoms with Crippen molar-refractivity contribution in [1.82, 2.24) is 0 Å². The van der Waals surface area contributed by atoms with E-state index < -0.39 is 0 Å². The first-order chi connectivity index (χ1) is 5.22. The first kappa shape index (κ1) is 10.6.